The fourth-order valence-corrected chi connectivity index (χ4v) is 2.11. The van der Waals surface area contributed by atoms with Gasteiger partial charge in [0.2, 0.25) is 5.91 Å². The van der Waals surface area contributed by atoms with Crippen molar-refractivity contribution in [3.8, 4) is 5.75 Å². The minimum absolute atomic E-state index is 0.0132. The lowest BCUT2D eigenvalue weighted by atomic mass is 10.2. The molecule has 23 heavy (non-hydrogen) atoms. The second-order valence-electron chi connectivity index (χ2n) is 5.85. The Hall–Kier alpha value is -2.62. The molecule has 2 aromatic rings. The number of nitrogens with one attached hydrogen (secondary N) is 1. The number of hydrazone groups is 1. The third-order valence-electron chi connectivity index (χ3n) is 3.74. The second kappa shape index (κ2) is 7.09. The molecule has 0 heterocycles. The highest BCUT2D eigenvalue weighted by molar-refractivity contribution is 5.84. The van der Waals surface area contributed by atoms with Crippen LogP contribution < -0.4 is 10.2 Å². The van der Waals surface area contributed by atoms with Crippen LogP contribution >= 0.6 is 0 Å². The van der Waals surface area contributed by atoms with E-state index in [4.69, 9.17) is 4.74 Å². The van der Waals surface area contributed by atoms with Gasteiger partial charge in [-0.05, 0) is 55.2 Å². The molecular weight excluding hydrogens is 288 g/mol. The number of carbonyl (C=O) groups excluding carboxylic acids is 1. The van der Waals surface area contributed by atoms with Gasteiger partial charge >= 0.3 is 0 Å². The van der Waals surface area contributed by atoms with Crippen molar-refractivity contribution in [1.29, 1.82) is 0 Å². The van der Waals surface area contributed by atoms with Gasteiger partial charge in [-0.25, -0.2) is 5.43 Å². The molecule has 0 radical (unpaired) electrons. The van der Waals surface area contributed by atoms with Gasteiger partial charge in [0.15, 0.2) is 0 Å². The standard InChI is InChI=1S/C19H20N2O2/c1-14-2-4-16(5-3-14)13-23-18-10-6-15(7-11-18)12-20-21-19(22)17-8-9-17/h2-7,10-12,17H,8-9,13H2,1H3,(H,21,22)/b20-12+. The van der Waals surface area contributed by atoms with E-state index < -0.39 is 0 Å². The predicted molar refractivity (Wildman–Crippen MR) is 90.4 cm³/mol. The SMILES string of the molecule is Cc1ccc(COc2ccc(/C=N/NC(=O)C3CC3)cc2)cc1. The minimum Gasteiger partial charge on any atom is -0.489 e. The Morgan fingerprint density at radius 2 is 1.87 bits per heavy atom. The van der Waals surface area contributed by atoms with Crippen LogP contribution in [0.5, 0.6) is 5.75 Å². The average Bonchev–Trinajstić information content (AvgIpc) is 3.40. The molecule has 0 atom stereocenters. The number of nitrogens with zero attached hydrogens (tertiary/aromatic N) is 1. The monoisotopic (exact) mass is 308 g/mol. The van der Waals surface area contributed by atoms with Crippen LogP contribution in [0.2, 0.25) is 0 Å². The lowest BCUT2D eigenvalue weighted by Crippen LogP contribution is -2.18. The van der Waals surface area contributed by atoms with Crippen LogP contribution in [0.15, 0.2) is 53.6 Å². The van der Waals surface area contributed by atoms with Crippen LogP contribution in [0.3, 0.4) is 0 Å². The van der Waals surface area contributed by atoms with Crippen molar-refractivity contribution >= 4 is 12.1 Å². The lowest BCUT2D eigenvalue weighted by Gasteiger charge is -2.06. The van der Waals surface area contributed by atoms with Gasteiger partial charge < -0.3 is 4.74 Å². The maximum Gasteiger partial charge on any atom is 0.243 e. The fraction of sp³-hybridized carbons (Fsp3) is 0.263. The smallest absolute Gasteiger partial charge is 0.243 e. The van der Waals surface area contributed by atoms with Gasteiger partial charge in [-0.3, -0.25) is 4.79 Å². The molecule has 3 rings (SSSR count). The zero-order chi connectivity index (χ0) is 16.1. The summed E-state index contributed by atoms with van der Waals surface area (Å²) in [5, 5.41) is 3.97. The number of amides is 1. The summed E-state index contributed by atoms with van der Waals surface area (Å²) in [6, 6.07) is 15.9. The summed E-state index contributed by atoms with van der Waals surface area (Å²) in [6.07, 6.45) is 3.60. The topological polar surface area (TPSA) is 50.7 Å². The molecule has 0 aliphatic heterocycles. The summed E-state index contributed by atoms with van der Waals surface area (Å²) in [5.41, 5.74) is 5.86. The maximum absolute atomic E-state index is 11.4. The molecule has 0 bridgehead atoms. The molecular formula is C19H20N2O2. The Morgan fingerprint density at radius 3 is 2.52 bits per heavy atom. The summed E-state index contributed by atoms with van der Waals surface area (Å²) in [4.78, 5) is 11.4. The molecule has 1 aliphatic carbocycles. The van der Waals surface area contributed by atoms with Crippen molar-refractivity contribution < 1.29 is 9.53 Å². The quantitative estimate of drug-likeness (QED) is 0.656. The van der Waals surface area contributed by atoms with E-state index in [2.05, 4.69) is 41.7 Å². The number of aryl methyl sites for hydroxylation is 1. The fourth-order valence-electron chi connectivity index (χ4n) is 2.11. The summed E-state index contributed by atoms with van der Waals surface area (Å²) in [5.74, 6) is 0.994. The Balaban J connectivity index is 1.49. The molecule has 1 saturated carbocycles. The first-order valence-corrected chi connectivity index (χ1v) is 7.82. The molecule has 0 saturated heterocycles. The van der Waals surface area contributed by atoms with E-state index in [0.29, 0.717) is 6.61 Å². The molecule has 1 amide bonds. The lowest BCUT2D eigenvalue weighted by molar-refractivity contribution is -0.122. The molecule has 0 aromatic heterocycles. The first-order valence-electron chi connectivity index (χ1n) is 7.82. The number of ether oxygens (including phenoxy) is 1. The van der Waals surface area contributed by atoms with Crippen molar-refractivity contribution in [2.24, 2.45) is 11.0 Å². The third kappa shape index (κ3) is 4.68. The highest BCUT2D eigenvalue weighted by Crippen LogP contribution is 2.28. The summed E-state index contributed by atoms with van der Waals surface area (Å²) < 4.78 is 5.76. The molecule has 1 N–H and O–H groups in total. The Bertz CT molecular complexity index is 686. The van der Waals surface area contributed by atoms with Gasteiger partial charge in [-0.2, -0.15) is 5.10 Å². The number of benzene rings is 2. The summed E-state index contributed by atoms with van der Waals surface area (Å²) in [6.45, 7) is 2.61. The van der Waals surface area contributed by atoms with E-state index in [0.717, 1.165) is 29.7 Å². The van der Waals surface area contributed by atoms with Crippen molar-refractivity contribution in [3.63, 3.8) is 0 Å². The summed E-state index contributed by atoms with van der Waals surface area (Å²) >= 11 is 0. The van der Waals surface area contributed by atoms with Crippen molar-refractivity contribution in [2.75, 3.05) is 0 Å². The predicted octanol–water partition coefficient (Wildman–Crippen LogP) is 3.43. The van der Waals surface area contributed by atoms with Gasteiger partial charge in [-0.1, -0.05) is 29.8 Å². The van der Waals surface area contributed by atoms with E-state index in [9.17, 15) is 4.79 Å². The van der Waals surface area contributed by atoms with Crippen LogP contribution in [-0.2, 0) is 11.4 Å². The molecule has 0 unspecified atom stereocenters. The molecule has 4 nitrogen and oxygen atoms in total. The van der Waals surface area contributed by atoms with Crippen molar-refractivity contribution in [1.82, 2.24) is 5.43 Å². The van der Waals surface area contributed by atoms with Crippen LogP contribution in [0.25, 0.3) is 0 Å². The first-order chi connectivity index (χ1) is 11.2. The van der Waals surface area contributed by atoms with Crippen molar-refractivity contribution in [2.45, 2.75) is 26.4 Å². The van der Waals surface area contributed by atoms with E-state index in [1.807, 2.05) is 24.3 Å². The number of hydrogen-bond acceptors (Lipinski definition) is 3. The van der Waals surface area contributed by atoms with E-state index >= 15 is 0 Å². The van der Waals surface area contributed by atoms with Crippen molar-refractivity contribution in [3.05, 3.63) is 65.2 Å². The average molecular weight is 308 g/mol. The molecule has 2 aromatic carbocycles. The molecule has 118 valence electrons. The van der Waals surface area contributed by atoms with Crippen LogP contribution in [0, 0.1) is 12.8 Å². The highest BCUT2D eigenvalue weighted by atomic mass is 16.5. The van der Waals surface area contributed by atoms with Crippen LogP contribution in [0.4, 0.5) is 0 Å². The van der Waals surface area contributed by atoms with Crippen LogP contribution in [-0.4, -0.2) is 12.1 Å². The third-order valence-corrected chi connectivity index (χ3v) is 3.74. The zero-order valence-corrected chi connectivity index (χ0v) is 13.2. The molecule has 1 fully saturated rings. The second-order valence-corrected chi connectivity index (χ2v) is 5.85. The number of rotatable bonds is 6. The highest BCUT2D eigenvalue weighted by Gasteiger charge is 2.29. The number of hydrogen-bond donors (Lipinski definition) is 1. The largest absolute Gasteiger partial charge is 0.489 e. The van der Waals surface area contributed by atoms with Gasteiger partial charge in [0.1, 0.15) is 12.4 Å². The summed E-state index contributed by atoms with van der Waals surface area (Å²) in [7, 11) is 0. The molecule has 1 aliphatic rings. The van der Waals surface area contributed by atoms with Gasteiger partial charge in [0, 0.05) is 5.92 Å². The number of carbonyl (C=O) groups is 1. The van der Waals surface area contributed by atoms with Gasteiger partial charge in [0.25, 0.3) is 0 Å². The van der Waals surface area contributed by atoms with E-state index in [-0.39, 0.29) is 11.8 Å². The Kier molecular flexibility index (Phi) is 4.71. The van der Waals surface area contributed by atoms with E-state index in [1.165, 1.54) is 5.56 Å². The molecule has 4 heteroatoms. The van der Waals surface area contributed by atoms with E-state index in [1.54, 1.807) is 6.21 Å². The first kappa shape index (κ1) is 15.3. The van der Waals surface area contributed by atoms with Gasteiger partial charge in [0.05, 0.1) is 6.21 Å². The van der Waals surface area contributed by atoms with Crippen LogP contribution in [0.1, 0.15) is 29.5 Å². The maximum atomic E-state index is 11.4. The Morgan fingerprint density at radius 1 is 1.17 bits per heavy atom. The Labute approximate surface area is 136 Å². The zero-order valence-electron chi connectivity index (χ0n) is 13.2. The minimum atomic E-state index is 0.0132. The normalized spacial score (nSPS) is 14.0. The van der Waals surface area contributed by atoms with Gasteiger partial charge in [-0.15, -0.1) is 0 Å². The molecule has 0 spiro atoms.